The Kier molecular flexibility index (Phi) is 4.39. The van der Waals surface area contributed by atoms with Crippen LogP contribution in [0.5, 0.6) is 0 Å². The minimum atomic E-state index is -3.91. The minimum absolute atomic E-state index is 0.159. The Hall–Kier alpha value is -3.19. The number of benzene rings is 3. The molecule has 1 amide bonds. The third-order valence-electron chi connectivity index (χ3n) is 4.56. The van der Waals surface area contributed by atoms with Crippen molar-refractivity contribution in [2.75, 3.05) is 16.2 Å². The van der Waals surface area contributed by atoms with Crippen LogP contribution < -0.4 is 9.62 Å². The standard InChI is InChI=1S/C21H17FN2O3S/c1-14-9-10-19-18(11-14)17-7-2-3-8-20(17)28(26,27)24(19)13-21(25)23-16-6-4-5-15(22)12-16/h2-12H,13H2,1H3,(H,23,25). The van der Waals surface area contributed by atoms with Gasteiger partial charge in [-0.15, -0.1) is 0 Å². The topological polar surface area (TPSA) is 66.5 Å². The van der Waals surface area contributed by atoms with Gasteiger partial charge in [-0.2, -0.15) is 0 Å². The molecule has 142 valence electrons. The molecule has 0 radical (unpaired) electrons. The SMILES string of the molecule is Cc1ccc2c(c1)-c1ccccc1S(=O)(=O)N2CC(=O)Nc1cccc(F)c1. The number of nitrogens with one attached hydrogen (secondary N) is 1. The number of sulfonamides is 1. The Bertz CT molecular complexity index is 1190. The number of nitrogens with zero attached hydrogens (tertiary/aromatic N) is 1. The summed E-state index contributed by atoms with van der Waals surface area (Å²) in [7, 11) is -3.91. The summed E-state index contributed by atoms with van der Waals surface area (Å²) in [5, 5.41) is 2.55. The van der Waals surface area contributed by atoms with Gasteiger partial charge in [-0.05, 0) is 43.3 Å². The van der Waals surface area contributed by atoms with Crippen molar-refractivity contribution < 1.29 is 17.6 Å². The second-order valence-corrected chi connectivity index (χ2v) is 8.42. The smallest absolute Gasteiger partial charge is 0.265 e. The molecule has 5 nitrogen and oxygen atoms in total. The number of carbonyl (C=O) groups is 1. The quantitative estimate of drug-likeness (QED) is 0.729. The van der Waals surface area contributed by atoms with Crippen molar-refractivity contribution in [2.45, 2.75) is 11.8 Å². The molecule has 0 fully saturated rings. The summed E-state index contributed by atoms with van der Waals surface area (Å²) in [5.41, 5.74) is 3.06. The van der Waals surface area contributed by atoms with Gasteiger partial charge in [0, 0.05) is 16.8 Å². The van der Waals surface area contributed by atoms with Crippen LogP contribution in [-0.4, -0.2) is 20.9 Å². The van der Waals surface area contributed by atoms with E-state index in [2.05, 4.69) is 5.32 Å². The Balaban J connectivity index is 1.74. The van der Waals surface area contributed by atoms with Crippen LogP contribution in [0.15, 0.2) is 71.6 Å². The summed E-state index contributed by atoms with van der Waals surface area (Å²) in [6.45, 7) is 1.51. The molecule has 0 unspecified atom stereocenters. The van der Waals surface area contributed by atoms with Crippen molar-refractivity contribution in [1.82, 2.24) is 0 Å². The van der Waals surface area contributed by atoms with E-state index in [4.69, 9.17) is 0 Å². The summed E-state index contributed by atoms with van der Waals surface area (Å²) in [6, 6.07) is 17.6. The Morgan fingerprint density at radius 2 is 1.79 bits per heavy atom. The molecule has 0 saturated heterocycles. The van der Waals surface area contributed by atoms with E-state index in [0.29, 0.717) is 11.3 Å². The molecule has 1 N–H and O–H groups in total. The summed E-state index contributed by atoms with van der Waals surface area (Å²) >= 11 is 0. The van der Waals surface area contributed by atoms with Gasteiger partial charge in [-0.25, -0.2) is 12.8 Å². The highest BCUT2D eigenvalue weighted by Gasteiger charge is 2.35. The lowest BCUT2D eigenvalue weighted by atomic mass is 10.0. The fourth-order valence-electron chi connectivity index (χ4n) is 3.31. The molecule has 0 bridgehead atoms. The maximum atomic E-state index is 13.3. The average molecular weight is 396 g/mol. The maximum absolute atomic E-state index is 13.3. The summed E-state index contributed by atoms with van der Waals surface area (Å²) < 4.78 is 40.8. The highest BCUT2D eigenvalue weighted by atomic mass is 32.2. The van der Waals surface area contributed by atoms with Crippen LogP contribution in [0, 0.1) is 12.7 Å². The first-order valence-electron chi connectivity index (χ1n) is 8.64. The first-order valence-corrected chi connectivity index (χ1v) is 10.1. The zero-order valence-corrected chi connectivity index (χ0v) is 15.8. The van der Waals surface area contributed by atoms with E-state index in [1.165, 1.54) is 30.3 Å². The number of rotatable bonds is 3. The molecule has 4 rings (SSSR count). The Labute approximate surface area is 162 Å². The maximum Gasteiger partial charge on any atom is 0.265 e. The van der Waals surface area contributed by atoms with Crippen LogP contribution in [0.25, 0.3) is 11.1 Å². The van der Waals surface area contributed by atoms with Gasteiger partial charge in [0.05, 0.1) is 10.6 Å². The van der Waals surface area contributed by atoms with E-state index >= 15 is 0 Å². The first-order chi connectivity index (χ1) is 13.4. The van der Waals surface area contributed by atoms with Gasteiger partial charge in [-0.1, -0.05) is 35.9 Å². The minimum Gasteiger partial charge on any atom is -0.324 e. The lowest BCUT2D eigenvalue weighted by Crippen LogP contribution is -2.40. The number of anilines is 2. The third-order valence-corrected chi connectivity index (χ3v) is 6.38. The van der Waals surface area contributed by atoms with Crippen LogP contribution >= 0.6 is 0 Å². The van der Waals surface area contributed by atoms with Gasteiger partial charge in [0.2, 0.25) is 5.91 Å². The van der Waals surface area contributed by atoms with Gasteiger partial charge in [0.15, 0.2) is 0 Å². The van der Waals surface area contributed by atoms with Gasteiger partial charge in [0.25, 0.3) is 10.0 Å². The third kappa shape index (κ3) is 3.14. The van der Waals surface area contributed by atoms with Gasteiger partial charge in [-0.3, -0.25) is 9.10 Å². The molecule has 3 aromatic rings. The van der Waals surface area contributed by atoms with Crippen LogP contribution in [-0.2, 0) is 14.8 Å². The van der Waals surface area contributed by atoms with Crippen LogP contribution in [0.4, 0.5) is 15.8 Å². The van der Waals surface area contributed by atoms with Crippen molar-refractivity contribution in [3.8, 4) is 11.1 Å². The largest absolute Gasteiger partial charge is 0.324 e. The van der Waals surface area contributed by atoms with Crippen molar-refractivity contribution in [2.24, 2.45) is 0 Å². The molecule has 3 aromatic carbocycles. The molecule has 1 aliphatic heterocycles. The fraction of sp³-hybridized carbons (Fsp3) is 0.0952. The number of aryl methyl sites for hydroxylation is 1. The van der Waals surface area contributed by atoms with Crippen molar-refractivity contribution in [3.05, 3.63) is 78.1 Å². The molecule has 0 atom stereocenters. The summed E-state index contributed by atoms with van der Waals surface area (Å²) in [5.74, 6) is -1.04. The van der Waals surface area contributed by atoms with E-state index in [1.807, 2.05) is 13.0 Å². The lowest BCUT2D eigenvalue weighted by Gasteiger charge is -2.31. The number of hydrogen-bond donors (Lipinski definition) is 1. The highest BCUT2D eigenvalue weighted by molar-refractivity contribution is 7.93. The second kappa shape index (κ2) is 6.76. The van der Waals surface area contributed by atoms with E-state index in [0.717, 1.165) is 15.4 Å². The van der Waals surface area contributed by atoms with Crippen LogP contribution in [0.3, 0.4) is 0 Å². The van der Waals surface area contributed by atoms with Gasteiger partial charge < -0.3 is 5.32 Å². The highest BCUT2D eigenvalue weighted by Crippen LogP contribution is 2.43. The summed E-state index contributed by atoms with van der Waals surface area (Å²) in [6.07, 6.45) is 0. The van der Waals surface area contributed by atoms with Crippen LogP contribution in [0.2, 0.25) is 0 Å². The first kappa shape index (κ1) is 18.2. The van der Waals surface area contributed by atoms with E-state index in [9.17, 15) is 17.6 Å². The van der Waals surface area contributed by atoms with E-state index < -0.39 is 28.3 Å². The normalized spacial score (nSPS) is 14.1. The molecule has 1 heterocycles. The van der Waals surface area contributed by atoms with Gasteiger partial charge in [0.1, 0.15) is 12.4 Å². The van der Waals surface area contributed by atoms with Gasteiger partial charge >= 0.3 is 0 Å². The molecular weight excluding hydrogens is 379 g/mol. The molecule has 0 saturated carbocycles. The average Bonchev–Trinajstić information content (AvgIpc) is 2.65. The Morgan fingerprint density at radius 1 is 1.00 bits per heavy atom. The van der Waals surface area contributed by atoms with Crippen molar-refractivity contribution in [1.29, 1.82) is 0 Å². The van der Waals surface area contributed by atoms with Crippen LogP contribution in [0.1, 0.15) is 5.56 Å². The number of carbonyl (C=O) groups excluding carboxylic acids is 1. The predicted octanol–water partition coefficient (Wildman–Crippen LogP) is 3.95. The second-order valence-electron chi connectivity index (χ2n) is 6.59. The number of fused-ring (bicyclic) bond motifs is 3. The van der Waals surface area contributed by atoms with Crippen molar-refractivity contribution in [3.63, 3.8) is 0 Å². The molecule has 1 aliphatic rings. The molecular formula is C21H17FN2O3S. The fourth-order valence-corrected chi connectivity index (χ4v) is 4.96. The molecule has 7 heteroatoms. The number of hydrogen-bond acceptors (Lipinski definition) is 3. The zero-order chi connectivity index (χ0) is 19.9. The number of halogens is 1. The monoisotopic (exact) mass is 396 g/mol. The van der Waals surface area contributed by atoms with E-state index in [-0.39, 0.29) is 10.6 Å². The number of amides is 1. The lowest BCUT2D eigenvalue weighted by molar-refractivity contribution is -0.114. The molecule has 0 aliphatic carbocycles. The molecule has 28 heavy (non-hydrogen) atoms. The summed E-state index contributed by atoms with van der Waals surface area (Å²) in [4.78, 5) is 12.7. The zero-order valence-electron chi connectivity index (χ0n) is 15.0. The molecule has 0 aromatic heterocycles. The van der Waals surface area contributed by atoms with Crippen molar-refractivity contribution >= 4 is 27.3 Å². The predicted molar refractivity (Wildman–Crippen MR) is 106 cm³/mol. The van der Waals surface area contributed by atoms with E-state index in [1.54, 1.807) is 30.3 Å². The Morgan fingerprint density at radius 3 is 2.57 bits per heavy atom. The molecule has 0 spiro atoms.